The maximum Gasteiger partial charge on any atom is 0.239 e. The van der Waals surface area contributed by atoms with Gasteiger partial charge in [-0.3, -0.25) is 4.79 Å². The number of aromatic nitrogens is 5. The molecule has 5 rings (SSSR count). The molecule has 6 nitrogen and oxygen atoms in total. The van der Waals surface area contributed by atoms with E-state index in [1.165, 1.54) is 6.29 Å². The molecule has 0 fully saturated rings. The Hall–Kier alpha value is -3.59. The Morgan fingerprint density at radius 1 is 1.03 bits per heavy atom. The van der Waals surface area contributed by atoms with Crippen LogP contribution in [0.3, 0.4) is 0 Å². The lowest BCUT2D eigenvalue weighted by atomic mass is 10.1. The topological polar surface area (TPSA) is 73.6 Å². The van der Waals surface area contributed by atoms with Crippen molar-refractivity contribution in [1.82, 2.24) is 25.0 Å². The average Bonchev–Trinajstić information content (AvgIpc) is 3.34. The minimum absolute atomic E-state index is 0.208. The number of hydrogen-bond acceptors (Lipinski definition) is 6. The second-order valence-corrected chi connectivity index (χ2v) is 7.24. The third-order valence-electron chi connectivity index (χ3n) is 4.53. The van der Waals surface area contributed by atoms with E-state index in [2.05, 4.69) is 20.3 Å². The summed E-state index contributed by atoms with van der Waals surface area (Å²) in [7, 11) is 0. The summed E-state index contributed by atoms with van der Waals surface area (Å²) in [6.07, 6.45) is 1.27. The number of pyridine rings is 1. The predicted molar refractivity (Wildman–Crippen MR) is 104 cm³/mol. The van der Waals surface area contributed by atoms with Crippen molar-refractivity contribution in [3.05, 3.63) is 70.7 Å². The molecule has 0 atom stereocenters. The molecular formula is C20H10F2N5OS. The molecule has 9 heteroatoms. The second kappa shape index (κ2) is 6.78. The molecule has 0 N–H and O–H groups in total. The van der Waals surface area contributed by atoms with Crippen LogP contribution in [0.25, 0.3) is 32.6 Å². The summed E-state index contributed by atoms with van der Waals surface area (Å²) in [5, 5.41) is 8.25. The quantitative estimate of drug-likeness (QED) is 0.453. The molecule has 0 bridgehead atoms. The van der Waals surface area contributed by atoms with E-state index in [4.69, 9.17) is 0 Å². The smallest absolute Gasteiger partial charge is 0.239 e. The molecule has 0 amide bonds. The van der Waals surface area contributed by atoms with Crippen LogP contribution in [-0.2, 0) is 11.3 Å². The fraction of sp³-hybridized carbons (Fsp3) is 0.0500. The monoisotopic (exact) mass is 406 g/mol. The van der Waals surface area contributed by atoms with Crippen molar-refractivity contribution in [3.8, 4) is 11.3 Å². The molecule has 0 aliphatic carbocycles. The highest BCUT2D eigenvalue weighted by Gasteiger charge is 2.15. The maximum atomic E-state index is 14.0. The number of benzene rings is 2. The van der Waals surface area contributed by atoms with Gasteiger partial charge < -0.3 is 0 Å². The highest BCUT2D eigenvalue weighted by atomic mass is 32.1. The van der Waals surface area contributed by atoms with Crippen LogP contribution in [-0.4, -0.2) is 31.2 Å². The van der Waals surface area contributed by atoms with Crippen LogP contribution in [0.1, 0.15) is 11.1 Å². The first-order valence-corrected chi connectivity index (χ1v) is 9.40. The summed E-state index contributed by atoms with van der Waals surface area (Å²) in [5.74, 6) is -1.97. The lowest BCUT2D eigenvalue weighted by Gasteiger charge is -2.06. The van der Waals surface area contributed by atoms with Crippen LogP contribution in [0.2, 0.25) is 0 Å². The Balaban J connectivity index is 1.56. The van der Waals surface area contributed by atoms with Crippen LogP contribution in [0.15, 0.2) is 48.0 Å². The van der Waals surface area contributed by atoms with Crippen LogP contribution < -0.4 is 0 Å². The van der Waals surface area contributed by atoms with Crippen molar-refractivity contribution in [2.45, 2.75) is 6.54 Å². The van der Waals surface area contributed by atoms with E-state index in [0.29, 0.717) is 23.4 Å². The minimum atomic E-state index is -0.985. The number of halogens is 2. The predicted octanol–water partition coefficient (Wildman–Crippen LogP) is 3.89. The van der Waals surface area contributed by atoms with Crippen molar-refractivity contribution in [2.75, 3.05) is 0 Å². The summed E-state index contributed by atoms with van der Waals surface area (Å²) in [5.41, 5.74) is 4.60. The summed E-state index contributed by atoms with van der Waals surface area (Å²) in [4.78, 5) is 19.4. The van der Waals surface area contributed by atoms with Crippen molar-refractivity contribution < 1.29 is 13.6 Å². The zero-order valence-corrected chi connectivity index (χ0v) is 15.5. The Kier molecular flexibility index (Phi) is 4.09. The average molecular weight is 406 g/mol. The molecule has 0 aliphatic heterocycles. The molecule has 2 aromatic carbocycles. The molecule has 0 unspecified atom stereocenters. The van der Waals surface area contributed by atoms with E-state index in [-0.39, 0.29) is 5.56 Å². The van der Waals surface area contributed by atoms with Crippen molar-refractivity contribution in [1.29, 1.82) is 0 Å². The molecule has 1 radical (unpaired) electrons. The molecule has 141 valence electrons. The highest BCUT2D eigenvalue weighted by Crippen LogP contribution is 2.25. The van der Waals surface area contributed by atoms with Gasteiger partial charge in [0.2, 0.25) is 6.29 Å². The van der Waals surface area contributed by atoms with Gasteiger partial charge in [0.1, 0.15) is 17.2 Å². The Labute approximate surface area is 166 Å². The van der Waals surface area contributed by atoms with E-state index >= 15 is 0 Å². The first-order valence-electron chi connectivity index (χ1n) is 8.52. The van der Waals surface area contributed by atoms with Gasteiger partial charge in [0.05, 0.1) is 33.5 Å². The van der Waals surface area contributed by atoms with Gasteiger partial charge >= 0.3 is 0 Å². The molecule has 3 heterocycles. The minimum Gasteiger partial charge on any atom is -0.285 e. The lowest BCUT2D eigenvalue weighted by Crippen LogP contribution is -2.03. The molecule has 5 aromatic rings. The number of carbonyl (C=O) groups excluding carboxylic acids is 1. The maximum absolute atomic E-state index is 14.0. The van der Waals surface area contributed by atoms with Gasteiger partial charge in [-0.1, -0.05) is 11.3 Å². The third kappa shape index (κ3) is 3.05. The number of hydrogen-bond donors (Lipinski definition) is 0. The highest BCUT2D eigenvalue weighted by molar-refractivity contribution is 7.16. The second-order valence-electron chi connectivity index (χ2n) is 6.36. The Bertz CT molecular complexity index is 1370. The van der Waals surface area contributed by atoms with Gasteiger partial charge in [-0.25, -0.2) is 23.4 Å². The molecule has 0 aliphatic rings. The first kappa shape index (κ1) is 17.5. The van der Waals surface area contributed by atoms with E-state index in [1.54, 1.807) is 33.7 Å². The standard InChI is InChI=1S/C20H10F2N5OS/c21-14-6-12(7-15(22)13(14)9-28)16-3-4-18-20(24-16)27(26-25-18)8-11-1-2-17-19(5-11)29-10-23-17/h1-7,10H,8H2. The molecule has 29 heavy (non-hydrogen) atoms. The molecule has 0 saturated carbocycles. The fourth-order valence-corrected chi connectivity index (χ4v) is 3.85. The van der Waals surface area contributed by atoms with Gasteiger partial charge in [0, 0.05) is 5.56 Å². The van der Waals surface area contributed by atoms with Gasteiger partial charge in [-0.05, 0) is 42.0 Å². The van der Waals surface area contributed by atoms with Crippen LogP contribution in [0.5, 0.6) is 0 Å². The summed E-state index contributed by atoms with van der Waals surface area (Å²) in [6.45, 7) is 0.433. The van der Waals surface area contributed by atoms with Gasteiger partial charge in [-0.2, -0.15) is 0 Å². The Morgan fingerprint density at radius 2 is 1.83 bits per heavy atom. The van der Waals surface area contributed by atoms with Crippen LogP contribution in [0, 0.1) is 11.6 Å². The van der Waals surface area contributed by atoms with Crippen LogP contribution >= 0.6 is 11.3 Å². The van der Waals surface area contributed by atoms with E-state index in [0.717, 1.165) is 27.9 Å². The summed E-state index contributed by atoms with van der Waals surface area (Å²) in [6, 6.07) is 11.3. The van der Waals surface area contributed by atoms with Crippen molar-refractivity contribution in [3.63, 3.8) is 0 Å². The van der Waals surface area contributed by atoms with E-state index in [9.17, 15) is 13.6 Å². The molecular weight excluding hydrogens is 396 g/mol. The number of fused-ring (bicyclic) bond motifs is 2. The lowest BCUT2D eigenvalue weighted by molar-refractivity contribution is 0.542. The SMILES string of the molecule is O=[C]c1c(F)cc(-c2ccc3nnn(Cc4ccc5ncsc5c4)c3n2)cc1F. The number of nitrogens with zero attached hydrogens (tertiary/aromatic N) is 5. The molecule has 3 aromatic heterocycles. The van der Waals surface area contributed by atoms with Crippen molar-refractivity contribution in [2.24, 2.45) is 0 Å². The normalized spacial score (nSPS) is 11.4. The molecule has 0 spiro atoms. The largest absolute Gasteiger partial charge is 0.285 e. The van der Waals surface area contributed by atoms with Crippen molar-refractivity contribution >= 4 is 39.0 Å². The van der Waals surface area contributed by atoms with Gasteiger partial charge in [0.25, 0.3) is 0 Å². The van der Waals surface area contributed by atoms with E-state index in [1.807, 2.05) is 18.2 Å². The van der Waals surface area contributed by atoms with E-state index < -0.39 is 17.2 Å². The van der Waals surface area contributed by atoms with Gasteiger partial charge in [0.15, 0.2) is 5.65 Å². The number of rotatable bonds is 4. The third-order valence-corrected chi connectivity index (χ3v) is 5.32. The molecule has 0 saturated heterocycles. The number of thiazole rings is 1. The van der Waals surface area contributed by atoms with Gasteiger partial charge in [-0.15, -0.1) is 16.4 Å². The summed E-state index contributed by atoms with van der Waals surface area (Å²) >= 11 is 1.55. The fourth-order valence-electron chi connectivity index (χ4n) is 3.11. The zero-order chi connectivity index (χ0) is 20.0. The van der Waals surface area contributed by atoms with Crippen LogP contribution in [0.4, 0.5) is 8.78 Å². The Morgan fingerprint density at radius 3 is 2.62 bits per heavy atom. The zero-order valence-electron chi connectivity index (χ0n) is 14.6. The summed E-state index contributed by atoms with van der Waals surface area (Å²) < 4.78 is 30.6. The first-order chi connectivity index (χ1) is 14.1.